The summed E-state index contributed by atoms with van der Waals surface area (Å²) in [6, 6.07) is 0. The minimum Gasteiger partial charge on any atom is -0.469 e. The van der Waals surface area contributed by atoms with Gasteiger partial charge in [0.05, 0.1) is 31.3 Å². The van der Waals surface area contributed by atoms with Gasteiger partial charge < -0.3 is 54.3 Å². The average Bonchev–Trinajstić information content (AvgIpc) is 3.14. The second kappa shape index (κ2) is 14.5. The number of hydrogen-bond acceptors (Lipinski definition) is 12. The number of ether oxygens (including phenoxy) is 5. The first-order valence-corrected chi connectivity index (χ1v) is 21.2. The van der Waals surface area contributed by atoms with Gasteiger partial charge in [-0.25, -0.2) is 0 Å². The Bertz CT molecular complexity index is 1470. The fraction of sp³-hybridized carbons (Fsp3) is 0.930. The lowest BCUT2D eigenvalue weighted by Crippen LogP contribution is -2.67. The molecule has 2 heterocycles. The van der Waals surface area contributed by atoms with Crippen LogP contribution in [-0.4, -0.2) is 118 Å². The number of fused-ring (bicyclic) bond motifs is 7. The van der Waals surface area contributed by atoms with Crippen molar-refractivity contribution >= 4 is 5.97 Å². The van der Waals surface area contributed by atoms with E-state index in [2.05, 4.69) is 54.5 Å². The molecule has 6 N–H and O–H groups in total. The Morgan fingerprint density at radius 1 is 0.782 bits per heavy atom. The highest BCUT2D eigenvalue weighted by atomic mass is 16.8. The van der Waals surface area contributed by atoms with E-state index in [1.54, 1.807) is 7.11 Å². The van der Waals surface area contributed by atoms with Crippen LogP contribution in [0.3, 0.4) is 0 Å². The predicted molar refractivity (Wildman–Crippen MR) is 201 cm³/mol. The molecule has 20 atom stereocenters. The summed E-state index contributed by atoms with van der Waals surface area (Å²) < 4.78 is 30.2. The van der Waals surface area contributed by atoms with Crippen LogP contribution in [0, 0.1) is 56.7 Å². The summed E-state index contributed by atoms with van der Waals surface area (Å²) in [4.78, 5) is 13.7. The Kier molecular flexibility index (Phi) is 11.1. The van der Waals surface area contributed by atoms with Gasteiger partial charge in [0, 0.05) is 0 Å². The molecule has 7 rings (SSSR count). The first-order valence-electron chi connectivity index (χ1n) is 21.2. The molecule has 0 aromatic carbocycles. The van der Waals surface area contributed by atoms with Crippen LogP contribution in [0.4, 0.5) is 0 Å². The molecule has 2 saturated heterocycles. The maximum absolute atomic E-state index is 13.7. The lowest BCUT2D eigenvalue weighted by atomic mass is 9.33. The molecule has 12 nitrogen and oxygen atoms in total. The normalized spacial score (nSPS) is 54.9. The number of methoxy groups -OCH3 is 1. The van der Waals surface area contributed by atoms with E-state index in [-0.39, 0.29) is 45.6 Å². The molecule has 12 heteroatoms. The number of carbonyl (C=O) groups is 1. The smallest absolute Gasteiger partial charge is 0.312 e. The molecule has 0 aromatic heterocycles. The van der Waals surface area contributed by atoms with Crippen molar-refractivity contribution in [1.82, 2.24) is 0 Å². The van der Waals surface area contributed by atoms with Crippen molar-refractivity contribution in [2.45, 2.75) is 181 Å². The summed E-state index contributed by atoms with van der Waals surface area (Å²) in [6.07, 6.45) is -2.96. The van der Waals surface area contributed by atoms with Crippen molar-refractivity contribution in [2.75, 3.05) is 13.7 Å². The van der Waals surface area contributed by atoms with Gasteiger partial charge in [-0.05, 0) is 116 Å². The average molecular weight is 779 g/mol. The third-order valence-electron chi connectivity index (χ3n) is 17.7. The third-order valence-corrected chi connectivity index (χ3v) is 17.7. The number of hydrogen-bond donors (Lipinski definition) is 6. The van der Waals surface area contributed by atoms with E-state index >= 15 is 0 Å². The highest BCUT2D eigenvalue weighted by molar-refractivity contribution is 5.78. The highest BCUT2D eigenvalue weighted by Gasteiger charge is 2.70. The summed E-state index contributed by atoms with van der Waals surface area (Å²) in [6.45, 7) is 17.7. The number of carbonyl (C=O) groups excluding carboxylic acids is 1. The van der Waals surface area contributed by atoms with Crippen LogP contribution in [0.5, 0.6) is 0 Å². The number of rotatable bonds is 6. The zero-order valence-corrected chi connectivity index (χ0v) is 34.5. The van der Waals surface area contributed by atoms with Crippen molar-refractivity contribution in [3.63, 3.8) is 0 Å². The SMILES string of the molecule is COC(=O)[C@]12CC[C@@H](C)[C@H](C)[C@H]1C1=CC[C@@H]3[C@@]4(C)CC[C@H](O[C@@H]5O[C@H](CO)[C@@H](O)[C@H](O)[C@H]5O[C@@H]5O[C@@H](C)[C@H](O)[C@@H](O)[C@H]5O)C(C)(C)[C@@H]4CC[C@@]3(C)[C@]1(C)CC2. The number of aliphatic hydroxyl groups is 6. The van der Waals surface area contributed by atoms with Crippen LogP contribution < -0.4 is 0 Å². The van der Waals surface area contributed by atoms with E-state index in [9.17, 15) is 35.4 Å². The topological polar surface area (TPSA) is 185 Å². The van der Waals surface area contributed by atoms with Crippen LogP contribution in [0.2, 0.25) is 0 Å². The van der Waals surface area contributed by atoms with E-state index in [1.165, 1.54) is 12.5 Å². The van der Waals surface area contributed by atoms with Gasteiger partial charge in [0.1, 0.15) is 42.7 Å². The fourth-order valence-electron chi connectivity index (χ4n) is 14.0. The largest absolute Gasteiger partial charge is 0.469 e. The molecular weight excluding hydrogens is 708 g/mol. The van der Waals surface area contributed by atoms with Crippen LogP contribution in [-0.2, 0) is 28.5 Å². The summed E-state index contributed by atoms with van der Waals surface area (Å²) >= 11 is 0. The first kappa shape index (κ1) is 42.0. The van der Waals surface area contributed by atoms with Crippen LogP contribution in [0.25, 0.3) is 0 Å². The van der Waals surface area contributed by atoms with Gasteiger partial charge in [-0.15, -0.1) is 0 Å². The fourth-order valence-corrected chi connectivity index (χ4v) is 14.0. The zero-order valence-electron chi connectivity index (χ0n) is 34.5. The molecule has 0 radical (unpaired) electrons. The van der Waals surface area contributed by atoms with Gasteiger partial charge in [-0.1, -0.05) is 60.1 Å². The monoisotopic (exact) mass is 778 g/mol. The van der Waals surface area contributed by atoms with Gasteiger partial charge >= 0.3 is 5.97 Å². The molecule has 2 aliphatic heterocycles. The number of esters is 1. The van der Waals surface area contributed by atoms with Gasteiger partial charge in [-0.2, -0.15) is 0 Å². The van der Waals surface area contributed by atoms with E-state index in [1.807, 2.05) is 0 Å². The summed E-state index contributed by atoms with van der Waals surface area (Å²) in [7, 11) is 1.55. The molecule has 0 unspecified atom stereocenters. The second-order valence-corrected chi connectivity index (χ2v) is 20.3. The quantitative estimate of drug-likeness (QED) is 0.130. The summed E-state index contributed by atoms with van der Waals surface area (Å²) in [5, 5.41) is 63.7. The summed E-state index contributed by atoms with van der Waals surface area (Å²) in [5.74, 6) is 1.79. The van der Waals surface area contributed by atoms with Crippen LogP contribution in [0.15, 0.2) is 11.6 Å². The molecule has 4 saturated carbocycles. The van der Waals surface area contributed by atoms with Crippen molar-refractivity contribution in [3.8, 4) is 0 Å². The molecule has 0 bridgehead atoms. The van der Waals surface area contributed by atoms with E-state index in [0.717, 1.165) is 51.4 Å². The molecule has 0 spiro atoms. The Hall–Kier alpha value is -1.19. The number of allylic oxidation sites excluding steroid dienone is 2. The molecule has 314 valence electrons. The molecule has 6 fully saturated rings. The Morgan fingerprint density at radius 2 is 1.49 bits per heavy atom. The minimum atomic E-state index is -1.63. The van der Waals surface area contributed by atoms with Crippen LogP contribution >= 0.6 is 0 Å². The van der Waals surface area contributed by atoms with E-state index < -0.39 is 73.4 Å². The highest BCUT2D eigenvalue weighted by Crippen LogP contribution is 2.76. The van der Waals surface area contributed by atoms with Gasteiger partial charge in [0.25, 0.3) is 0 Å². The van der Waals surface area contributed by atoms with Crippen LogP contribution in [0.1, 0.15) is 113 Å². The number of aliphatic hydroxyl groups excluding tert-OH is 6. The Balaban J connectivity index is 1.15. The first-order chi connectivity index (χ1) is 25.7. The standard InChI is InChI=1S/C43H70O12/c1-21-12-17-43(38(50)51-9)19-18-41(7)24(29(43)22(21)2)10-11-27-40(6)15-14-28(39(4,5)26(40)13-16-42(27,41)8)54-37-35(33(48)31(46)25(20-44)53-37)55-36-34(49)32(47)30(45)23(3)52-36/h10,21-23,25-37,44-49H,11-20H2,1-9H3/t21-,22+,23+,25-,26+,27-,28+,29+,30+,31-,32-,33+,34-,35-,36+,37+,40+,41-,42-,43+/m1/s1. The minimum absolute atomic E-state index is 0.0103. The van der Waals surface area contributed by atoms with Crippen molar-refractivity contribution < 1.29 is 59.1 Å². The predicted octanol–water partition coefficient (Wildman–Crippen LogP) is 3.85. The Labute approximate surface area is 327 Å². The molecule has 5 aliphatic carbocycles. The van der Waals surface area contributed by atoms with Gasteiger partial charge in [0.15, 0.2) is 12.6 Å². The summed E-state index contributed by atoms with van der Waals surface area (Å²) in [5.41, 5.74) is 0.685. The van der Waals surface area contributed by atoms with E-state index in [0.29, 0.717) is 24.2 Å². The maximum Gasteiger partial charge on any atom is 0.312 e. The zero-order chi connectivity index (χ0) is 40.2. The van der Waals surface area contributed by atoms with E-state index in [4.69, 9.17) is 23.7 Å². The van der Waals surface area contributed by atoms with Crippen molar-refractivity contribution in [3.05, 3.63) is 11.6 Å². The van der Waals surface area contributed by atoms with Crippen molar-refractivity contribution in [1.29, 1.82) is 0 Å². The van der Waals surface area contributed by atoms with Crippen molar-refractivity contribution in [2.24, 2.45) is 56.7 Å². The third kappa shape index (κ3) is 6.07. The molecule has 0 amide bonds. The lowest BCUT2D eigenvalue weighted by Gasteiger charge is -2.71. The van der Waals surface area contributed by atoms with Gasteiger partial charge in [-0.3, -0.25) is 4.79 Å². The second-order valence-electron chi connectivity index (χ2n) is 20.3. The maximum atomic E-state index is 13.7. The van der Waals surface area contributed by atoms with Gasteiger partial charge in [0.2, 0.25) is 0 Å². The lowest BCUT2D eigenvalue weighted by molar-refractivity contribution is -0.376. The Morgan fingerprint density at radius 3 is 2.16 bits per heavy atom. The molecule has 7 aliphatic rings. The molecule has 55 heavy (non-hydrogen) atoms. The molecule has 0 aromatic rings. The molecular formula is C43H70O12.